The molecule has 0 unspecified atom stereocenters. The lowest BCUT2D eigenvalue weighted by Gasteiger charge is -2.02. The predicted molar refractivity (Wildman–Crippen MR) is 49.8 cm³/mol. The molecule has 0 atom stereocenters. The van der Waals surface area contributed by atoms with Gasteiger partial charge in [0.25, 0.3) is 0 Å². The van der Waals surface area contributed by atoms with E-state index >= 15 is 0 Å². The Kier molecular flexibility index (Phi) is 2.44. The van der Waals surface area contributed by atoms with E-state index in [1.807, 2.05) is 37.3 Å². The molecule has 0 fully saturated rings. The van der Waals surface area contributed by atoms with Crippen LogP contribution in [0.2, 0.25) is 0 Å². The fourth-order valence-corrected chi connectivity index (χ4v) is 1.05. The zero-order chi connectivity index (χ0) is 9.80. The van der Waals surface area contributed by atoms with Gasteiger partial charge in [-0.05, 0) is 19.1 Å². The highest BCUT2D eigenvalue weighted by Gasteiger charge is 2.04. The van der Waals surface area contributed by atoms with Crippen LogP contribution in [0.3, 0.4) is 0 Å². The van der Waals surface area contributed by atoms with Crippen molar-refractivity contribution >= 4 is 0 Å². The Morgan fingerprint density at radius 3 is 2.64 bits per heavy atom. The number of aryl methyl sites for hydroxylation is 1. The number of hydrogen-bond donors (Lipinski definition) is 0. The molecule has 14 heavy (non-hydrogen) atoms. The van der Waals surface area contributed by atoms with Gasteiger partial charge in [0.05, 0.1) is 0 Å². The van der Waals surface area contributed by atoms with Crippen molar-refractivity contribution < 1.29 is 9.37 Å². The Hall–Kier alpha value is -1.84. The molecule has 0 spiro atoms. The van der Waals surface area contributed by atoms with E-state index in [0.717, 1.165) is 17.1 Å². The third-order valence-corrected chi connectivity index (χ3v) is 1.87. The van der Waals surface area contributed by atoms with Crippen molar-refractivity contribution in [1.29, 1.82) is 0 Å². The SMILES string of the molecule is Cc1nonc1COc1ccccc1. The molecule has 4 heteroatoms. The first-order valence-corrected chi connectivity index (χ1v) is 4.32. The van der Waals surface area contributed by atoms with Gasteiger partial charge >= 0.3 is 0 Å². The average Bonchev–Trinajstić information content (AvgIpc) is 2.63. The molecule has 4 nitrogen and oxygen atoms in total. The van der Waals surface area contributed by atoms with Crippen LogP contribution >= 0.6 is 0 Å². The van der Waals surface area contributed by atoms with Crippen LogP contribution in [0.15, 0.2) is 35.0 Å². The van der Waals surface area contributed by atoms with Crippen LogP contribution in [-0.4, -0.2) is 10.3 Å². The van der Waals surface area contributed by atoms with Gasteiger partial charge in [0.2, 0.25) is 0 Å². The Bertz CT molecular complexity index is 398. The Labute approximate surface area is 81.5 Å². The largest absolute Gasteiger partial charge is 0.487 e. The number of hydrogen-bond acceptors (Lipinski definition) is 4. The summed E-state index contributed by atoms with van der Waals surface area (Å²) in [5, 5.41) is 7.38. The number of nitrogens with zero attached hydrogens (tertiary/aromatic N) is 2. The number of aromatic nitrogens is 2. The lowest BCUT2D eigenvalue weighted by Crippen LogP contribution is -1.97. The summed E-state index contributed by atoms with van der Waals surface area (Å²) in [5.41, 5.74) is 1.50. The van der Waals surface area contributed by atoms with E-state index in [1.165, 1.54) is 0 Å². The van der Waals surface area contributed by atoms with E-state index in [1.54, 1.807) is 0 Å². The summed E-state index contributed by atoms with van der Waals surface area (Å²) < 4.78 is 10.0. The van der Waals surface area contributed by atoms with Crippen LogP contribution < -0.4 is 4.74 Å². The Morgan fingerprint density at radius 2 is 2.00 bits per heavy atom. The van der Waals surface area contributed by atoms with Gasteiger partial charge in [-0.1, -0.05) is 28.5 Å². The van der Waals surface area contributed by atoms with Crippen LogP contribution in [0, 0.1) is 6.92 Å². The minimum Gasteiger partial charge on any atom is -0.487 e. The maximum atomic E-state index is 5.47. The molecule has 0 bridgehead atoms. The van der Waals surface area contributed by atoms with Gasteiger partial charge in [0.15, 0.2) is 0 Å². The molecule has 0 aliphatic carbocycles. The molecule has 1 aromatic carbocycles. The zero-order valence-electron chi connectivity index (χ0n) is 7.80. The molecule has 0 aliphatic rings. The lowest BCUT2D eigenvalue weighted by atomic mass is 10.3. The first-order chi connectivity index (χ1) is 6.86. The monoisotopic (exact) mass is 190 g/mol. The van der Waals surface area contributed by atoms with Gasteiger partial charge in [-0.2, -0.15) is 0 Å². The first-order valence-electron chi connectivity index (χ1n) is 4.32. The summed E-state index contributed by atoms with van der Waals surface area (Å²) in [4.78, 5) is 0. The first kappa shape index (κ1) is 8.74. The molecule has 2 rings (SSSR count). The van der Waals surface area contributed by atoms with Gasteiger partial charge in [-0.3, -0.25) is 0 Å². The average molecular weight is 190 g/mol. The van der Waals surface area contributed by atoms with E-state index in [0.29, 0.717) is 6.61 Å². The van der Waals surface area contributed by atoms with Crippen LogP contribution in [0.25, 0.3) is 0 Å². The molecule has 0 saturated heterocycles. The summed E-state index contributed by atoms with van der Waals surface area (Å²) in [6, 6.07) is 9.56. The molecule has 2 aromatic rings. The number of para-hydroxylation sites is 1. The maximum Gasteiger partial charge on any atom is 0.145 e. The standard InChI is InChI=1S/C10H10N2O2/c1-8-10(12-14-11-8)7-13-9-5-3-2-4-6-9/h2-6H,7H2,1H3. The second kappa shape index (κ2) is 3.91. The van der Waals surface area contributed by atoms with Gasteiger partial charge in [-0.25, -0.2) is 4.63 Å². The van der Waals surface area contributed by atoms with E-state index in [9.17, 15) is 0 Å². The van der Waals surface area contributed by atoms with Crippen molar-refractivity contribution in [2.75, 3.05) is 0 Å². The molecule has 0 aliphatic heterocycles. The summed E-state index contributed by atoms with van der Waals surface area (Å²) in [5.74, 6) is 0.815. The fraction of sp³-hybridized carbons (Fsp3) is 0.200. The van der Waals surface area contributed by atoms with Gasteiger partial charge < -0.3 is 4.74 Å². The lowest BCUT2D eigenvalue weighted by molar-refractivity contribution is 0.270. The summed E-state index contributed by atoms with van der Waals surface area (Å²) >= 11 is 0. The molecule has 1 aromatic heterocycles. The second-order valence-electron chi connectivity index (χ2n) is 2.90. The van der Waals surface area contributed by atoms with Gasteiger partial charge in [0, 0.05) is 0 Å². The Morgan fingerprint density at radius 1 is 1.21 bits per heavy atom. The Balaban J connectivity index is 1.99. The highest BCUT2D eigenvalue weighted by Crippen LogP contribution is 2.11. The minimum atomic E-state index is 0.388. The van der Waals surface area contributed by atoms with Gasteiger partial charge in [0.1, 0.15) is 23.7 Å². The predicted octanol–water partition coefficient (Wildman–Crippen LogP) is 1.96. The fourth-order valence-electron chi connectivity index (χ4n) is 1.05. The quantitative estimate of drug-likeness (QED) is 0.742. The van der Waals surface area contributed by atoms with Crippen LogP contribution in [0.4, 0.5) is 0 Å². The smallest absolute Gasteiger partial charge is 0.145 e. The van der Waals surface area contributed by atoms with Crippen molar-refractivity contribution in [3.05, 3.63) is 41.7 Å². The molecule has 72 valence electrons. The maximum absolute atomic E-state index is 5.47. The van der Waals surface area contributed by atoms with Crippen molar-refractivity contribution in [3.8, 4) is 5.75 Å². The molecule has 1 heterocycles. The molecule has 0 saturated carbocycles. The third-order valence-electron chi connectivity index (χ3n) is 1.87. The summed E-state index contributed by atoms with van der Waals surface area (Å²) in [7, 11) is 0. The molecule has 0 radical (unpaired) electrons. The second-order valence-corrected chi connectivity index (χ2v) is 2.90. The van der Waals surface area contributed by atoms with E-state index in [4.69, 9.17) is 4.74 Å². The van der Waals surface area contributed by atoms with E-state index in [-0.39, 0.29) is 0 Å². The van der Waals surface area contributed by atoms with E-state index < -0.39 is 0 Å². The normalized spacial score (nSPS) is 10.1. The van der Waals surface area contributed by atoms with Crippen LogP contribution in [-0.2, 0) is 6.61 Å². The van der Waals surface area contributed by atoms with Crippen LogP contribution in [0.1, 0.15) is 11.4 Å². The van der Waals surface area contributed by atoms with Crippen molar-refractivity contribution in [2.24, 2.45) is 0 Å². The van der Waals surface area contributed by atoms with E-state index in [2.05, 4.69) is 14.9 Å². The molecule has 0 N–H and O–H groups in total. The van der Waals surface area contributed by atoms with Crippen molar-refractivity contribution in [1.82, 2.24) is 10.3 Å². The van der Waals surface area contributed by atoms with Gasteiger partial charge in [-0.15, -0.1) is 0 Å². The highest BCUT2D eigenvalue weighted by atomic mass is 16.6. The summed E-state index contributed by atoms with van der Waals surface area (Å²) in [6.45, 7) is 2.22. The minimum absolute atomic E-state index is 0.388. The highest BCUT2D eigenvalue weighted by molar-refractivity contribution is 5.21. The molecular formula is C10H10N2O2. The topological polar surface area (TPSA) is 48.2 Å². The summed E-state index contributed by atoms with van der Waals surface area (Å²) in [6.07, 6.45) is 0. The number of rotatable bonds is 3. The van der Waals surface area contributed by atoms with Crippen molar-refractivity contribution in [2.45, 2.75) is 13.5 Å². The zero-order valence-corrected chi connectivity index (χ0v) is 7.80. The van der Waals surface area contributed by atoms with Crippen molar-refractivity contribution in [3.63, 3.8) is 0 Å². The molecule has 0 amide bonds. The number of ether oxygens (including phenoxy) is 1. The number of benzene rings is 1. The van der Waals surface area contributed by atoms with Crippen LogP contribution in [0.5, 0.6) is 5.75 Å². The molecular weight excluding hydrogens is 180 g/mol. The third kappa shape index (κ3) is 1.90.